The molecule has 1 aliphatic heterocycles. The molecule has 160 valence electrons. The number of aromatic nitrogens is 2. The fourth-order valence-corrected chi connectivity index (χ4v) is 3.62. The van der Waals surface area contributed by atoms with Crippen LogP contribution in [0, 0.1) is 0 Å². The van der Waals surface area contributed by atoms with Gasteiger partial charge in [-0.3, -0.25) is 4.79 Å². The Bertz CT molecular complexity index is 1080. The van der Waals surface area contributed by atoms with Crippen LogP contribution in [-0.2, 0) is 6.18 Å². The molecule has 3 aromatic rings. The highest BCUT2D eigenvalue weighted by molar-refractivity contribution is 5.95. The number of hydrogen-bond acceptors (Lipinski definition) is 5. The summed E-state index contributed by atoms with van der Waals surface area (Å²) in [5, 5.41) is 3.21. The molecule has 0 unspecified atom stereocenters. The maximum absolute atomic E-state index is 13.7. The summed E-state index contributed by atoms with van der Waals surface area (Å²) in [6.45, 7) is 3.83. The molecule has 2 heterocycles. The van der Waals surface area contributed by atoms with E-state index in [0.717, 1.165) is 5.56 Å². The van der Waals surface area contributed by atoms with Crippen LogP contribution in [0.4, 0.5) is 19.0 Å². The second kappa shape index (κ2) is 8.47. The van der Waals surface area contributed by atoms with Crippen LogP contribution in [-0.4, -0.2) is 41.9 Å². The lowest BCUT2D eigenvalue weighted by molar-refractivity contribution is -0.144. The summed E-state index contributed by atoms with van der Waals surface area (Å²) >= 11 is 0. The SMILES string of the molecule is CC(=O)c1ccc(-c2nc(C(F)(F)F)nc(N3CCNCC3)c2-c2ccccc2)cc1. The zero-order valence-corrected chi connectivity index (χ0v) is 16.9. The van der Waals surface area contributed by atoms with Crippen molar-refractivity contribution in [2.75, 3.05) is 31.1 Å². The van der Waals surface area contributed by atoms with E-state index in [1.54, 1.807) is 24.3 Å². The Labute approximate surface area is 178 Å². The van der Waals surface area contributed by atoms with Gasteiger partial charge in [0.1, 0.15) is 5.82 Å². The van der Waals surface area contributed by atoms with E-state index in [4.69, 9.17) is 0 Å². The third kappa shape index (κ3) is 4.44. The number of carbonyl (C=O) groups excluding carboxylic acids is 1. The predicted octanol–water partition coefficient (Wildman–Crippen LogP) is 4.44. The van der Waals surface area contributed by atoms with E-state index >= 15 is 0 Å². The van der Waals surface area contributed by atoms with E-state index in [2.05, 4.69) is 15.3 Å². The van der Waals surface area contributed by atoms with Crippen LogP contribution < -0.4 is 10.2 Å². The number of rotatable bonds is 4. The molecule has 1 N–H and O–H groups in total. The van der Waals surface area contributed by atoms with Gasteiger partial charge in [-0.25, -0.2) is 9.97 Å². The minimum Gasteiger partial charge on any atom is -0.353 e. The smallest absolute Gasteiger partial charge is 0.353 e. The molecule has 0 spiro atoms. The zero-order valence-electron chi connectivity index (χ0n) is 16.9. The van der Waals surface area contributed by atoms with Crippen LogP contribution in [0.15, 0.2) is 54.6 Å². The van der Waals surface area contributed by atoms with Crippen LogP contribution in [0.25, 0.3) is 22.4 Å². The Morgan fingerprint density at radius 2 is 1.58 bits per heavy atom. The van der Waals surface area contributed by atoms with Gasteiger partial charge in [-0.1, -0.05) is 54.6 Å². The third-order valence-corrected chi connectivity index (χ3v) is 5.19. The van der Waals surface area contributed by atoms with Crippen molar-refractivity contribution in [3.63, 3.8) is 0 Å². The van der Waals surface area contributed by atoms with Crippen LogP contribution in [0.3, 0.4) is 0 Å². The number of alkyl halides is 3. The summed E-state index contributed by atoms with van der Waals surface area (Å²) in [5.41, 5.74) is 2.45. The number of anilines is 1. The third-order valence-electron chi connectivity index (χ3n) is 5.19. The van der Waals surface area contributed by atoms with Gasteiger partial charge in [0.25, 0.3) is 0 Å². The number of nitrogens with zero attached hydrogens (tertiary/aromatic N) is 3. The van der Waals surface area contributed by atoms with Crippen molar-refractivity contribution in [3.05, 3.63) is 66.0 Å². The number of piperazine rings is 1. The second-order valence-corrected chi connectivity index (χ2v) is 7.33. The van der Waals surface area contributed by atoms with Gasteiger partial charge in [-0.05, 0) is 12.5 Å². The first kappa shape index (κ1) is 21.0. The van der Waals surface area contributed by atoms with E-state index in [-0.39, 0.29) is 17.3 Å². The number of nitrogens with one attached hydrogen (secondary N) is 1. The first-order valence-corrected chi connectivity index (χ1v) is 9.96. The maximum Gasteiger partial charge on any atom is 0.451 e. The lowest BCUT2D eigenvalue weighted by Gasteiger charge is -2.31. The normalized spacial score (nSPS) is 14.5. The Morgan fingerprint density at radius 1 is 0.935 bits per heavy atom. The Kier molecular flexibility index (Phi) is 5.73. The molecule has 2 aromatic carbocycles. The minimum atomic E-state index is -4.69. The molecule has 31 heavy (non-hydrogen) atoms. The number of hydrogen-bond donors (Lipinski definition) is 1. The van der Waals surface area contributed by atoms with Crippen molar-refractivity contribution >= 4 is 11.6 Å². The average Bonchev–Trinajstić information content (AvgIpc) is 2.79. The monoisotopic (exact) mass is 426 g/mol. The molecule has 0 aliphatic carbocycles. The van der Waals surface area contributed by atoms with Gasteiger partial charge in [0.05, 0.1) is 11.3 Å². The standard InChI is InChI=1S/C23H21F3N4O/c1-15(31)16-7-9-18(10-8-16)20-19(17-5-3-2-4-6-17)21(30-13-11-27-12-14-30)29-22(28-20)23(24,25)26/h2-10,27H,11-14H2,1H3. The van der Waals surface area contributed by atoms with Gasteiger partial charge in [0.15, 0.2) is 5.78 Å². The van der Waals surface area contributed by atoms with E-state index in [9.17, 15) is 18.0 Å². The van der Waals surface area contributed by atoms with E-state index in [1.165, 1.54) is 6.92 Å². The van der Waals surface area contributed by atoms with Gasteiger partial charge < -0.3 is 10.2 Å². The molecule has 0 radical (unpaired) electrons. The molecule has 5 nitrogen and oxygen atoms in total. The van der Waals surface area contributed by atoms with Crippen LogP contribution in [0.1, 0.15) is 23.1 Å². The molecular formula is C23H21F3N4O. The van der Waals surface area contributed by atoms with Crippen LogP contribution in [0.5, 0.6) is 0 Å². The fourth-order valence-electron chi connectivity index (χ4n) is 3.62. The zero-order chi connectivity index (χ0) is 22.0. The van der Waals surface area contributed by atoms with Gasteiger partial charge in [-0.15, -0.1) is 0 Å². The Hall–Kier alpha value is -3.26. The largest absolute Gasteiger partial charge is 0.451 e. The van der Waals surface area contributed by atoms with Crippen molar-refractivity contribution in [1.82, 2.24) is 15.3 Å². The topological polar surface area (TPSA) is 58.1 Å². The minimum absolute atomic E-state index is 0.116. The van der Waals surface area contributed by atoms with Gasteiger partial charge in [0.2, 0.25) is 5.82 Å². The van der Waals surface area contributed by atoms with Crippen molar-refractivity contribution in [2.24, 2.45) is 0 Å². The van der Waals surface area contributed by atoms with E-state index < -0.39 is 12.0 Å². The van der Waals surface area contributed by atoms with Gasteiger partial charge >= 0.3 is 6.18 Å². The predicted molar refractivity (Wildman–Crippen MR) is 113 cm³/mol. The molecular weight excluding hydrogens is 405 g/mol. The van der Waals surface area contributed by atoms with Crippen molar-refractivity contribution < 1.29 is 18.0 Å². The average molecular weight is 426 g/mol. The first-order chi connectivity index (χ1) is 14.8. The number of ketones is 1. The first-order valence-electron chi connectivity index (χ1n) is 9.96. The summed E-state index contributed by atoms with van der Waals surface area (Å²) in [5.74, 6) is -1.03. The lowest BCUT2D eigenvalue weighted by Crippen LogP contribution is -2.44. The van der Waals surface area contributed by atoms with Gasteiger partial charge in [-0.2, -0.15) is 13.2 Å². The maximum atomic E-state index is 13.7. The highest BCUT2D eigenvalue weighted by atomic mass is 19.4. The molecule has 1 aliphatic rings. The number of benzene rings is 2. The molecule has 1 fully saturated rings. The molecule has 8 heteroatoms. The Morgan fingerprint density at radius 3 is 2.16 bits per heavy atom. The fraction of sp³-hybridized carbons (Fsp3) is 0.261. The number of Topliss-reactive ketones (excluding diaryl/α,β-unsaturated/α-hetero) is 1. The van der Waals surface area contributed by atoms with Crippen molar-refractivity contribution in [2.45, 2.75) is 13.1 Å². The van der Waals surface area contributed by atoms with E-state index in [1.807, 2.05) is 35.2 Å². The molecule has 0 amide bonds. The quantitative estimate of drug-likeness (QED) is 0.625. The van der Waals surface area contributed by atoms with Crippen LogP contribution in [0.2, 0.25) is 0 Å². The summed E-state index contributed by atoms with van der Waals surface area (Å²) < 4.78 is 41.2. The summed E-state index contributed by atoms with van der Waals surface area (Å²) in [4.78, 5) is 21.4. The molecule has 0 atom stereocenters. The van der Waals surface area contributed by atoms with Crippen molar-refractivity contribution in [3.8, 4) is 22.4 Å². The molecule has 4 rings (SSSR count). The van der Waals surface area contributed by atoms with Crippen LogP contribution >= 0.6 is 0 Å². The lowest BCUT2D eigenvalue weighted by atomic mass is 9.97. The molecule has 0 saturated carbocycles. The number of carbonyl (C=O) groups is 1. The Balaban J connectivity index is 1.99. The molecule has 0 bridgehead atoms. The summed E-state index contributed by atoms with van der Waals surface area (Å²) in [6.07, 6.45) is -4.69. The highest BCUT2D eigenvalue weighted by Gasteiger charge is 2.37. The number of halogens is 3. The summed E-state index contributed by atoms with van der Waals surface area (Å²) in [7, 11) is 0. The summed E-state index contributed by atoms with van der Waals surface area (Å²) in [6, 6.07) is 15.7. The van der Waals surface area contributed by atoms with E-state index in [0.29, 0.717) is 42.9 Å². The molecule has 1 aromatic heterocycles. The second-order valence-electron chi connectivity index (χ2n) is 7.33. The van der Waals surface area contributed by atoms with Gasteiger partial charge in [0, 0.05) is 37.3 Å². The van der Waals surface area contributed by atoms with Crippen molar-refractivity contribution in [1.29, 1.82) is 0 Å². The highest BCUT2D eigenvalue weighted by Crippen LogP contribution is 2.40. The molecule has 1 saturated heterocycles.